The van der Waals surface area contributed by atoms with Gasteiger partial charge in [0.25, 0.3) is 5.91 Å². The van der Waals surface area contributed by atoms with Crippen molar-refractivity contribution in [3.63, 3.8) is 0 Å². The summed E-state index contributed by atoms with van der Waals surface area (Å²) < 4.78 is 34.1. The number of nitrogens with zero attached hydrogens (tertiary/aromatic N) is 2. The van der Waals surface area contributed by atoms with Crippen LogP contribution in [0, 0.1) is 6.92 Å². The number of amides is 1. The number of ether oxygens (including phenoxy) is 1. The fourth-order valence-electron chi connectivity index (χ4n) is 3.45. The number of nitrogens with one attached hydrogen (secondary N) is 1. The lowest BCUT2D eigenvalue weighted by molar-refractivity contribution is 0.102. The van der Waals surface area contributed by atoms with Gasteiger partial charge in [-0.1, -0.05) is 44.1 Å². The molecule has 0 atom stereocenters. The third-order valence-corrected chi connectivity index (χ3v) is 8.44. The number of carbonyl (C=O) groups is 1. The molecule has 1 N–H and O–H groups in total. The molecule has 0 radical (unpaired) electrons. The number of anilines is 1. The van der Waals surface area contributed by atoms with Gasteiger partial charge >= 0.3 is 0 Å². The Labute approximate surface area is 199 Å². The number of fused-ring (bicyclic) bond motifs is 1. The van der Waals surface area contributed by atoms with Crippen molar-refractivity contribution < 1.29 is 17.9 Å². The second-order valence-electron chi connectivity index (χ2n) is 7.87. The first-order chi connectivity index (χ1) is 15.8. The summed E-state index contributed by atoms with van der Waals surface area (Å²) >= 11 is 1.38. The fourth-order valence-corrected chi connectivity index (χ4v) is 5.91. The highest BCUT2D eigenvalue weighted by molar-refractivity contribution is 7.89. The molecule has 7 nitrogen and oxygen atoms in total. The van der Waals surface area contributed by atoms with E-state index in [0.29, 0.717) is 35.1 Å². The van der Waals surface area contributed by atoms with Crippen LogP contribution in [0.4, 0.5) is 5.13 Å². The second kappa shape index (κ2) is 11.1. The normalized spacial score (nSPS) is 11.8. The molecule has 0 saturated heterocycles. The summed E-state index contributed by atoms with van der Waals surface area (Å²) in [5.41, 5.74) is 2.12. The number of hydrogen-bond acceptors (Lipinski definition) is 6. The van der Waals surface area contributed by atoms with Crippen LogP contribution in [0.3, 0.4) is 0 Å². The zero-order chi connectivity index (χ0) is 24.0. The third-order valence-electron chi connectivity index (χ3n) is 5.42. The number of hydrogen-bond donors (Lipinski definition) is 1. The van der Waals surface area contributed by atoms with E-state index in [2.05, 4.69) is 10.3 Å². The maximum Gasteiger partial charge on any atom is 0.257 e. The number of aromatic nitrogens is 1. The standard InChI is InChI=1S/C24H31N3O4S2/c1-5-7-15-27(16-8-6-2)33(29,30)19-12-10-18(11-13-19)23(28)26-24-25-21-20(31-4)14-9-17(3)22(21)32-24/h9-14H,5-8,15-16H2,1-4H3,(H,25,26,28). The molecule has 0 aliphatic heterocycles. The second-order valence-corrected chi connectivity index (χ2v) is 10.8. The van der Waals surface area contributed by atoms with Gasteiger partial charge in [0.2, 0.25) is 10.0 Å². The molecule has 0 spiro atoms. The van der Waals surface area contributed by atoms with Gasteiger partial charge < -0.3 is 4.74 Å². The molecule has 1 aromatic heterocycles. The Morgan fingerprint density at radius 2 is 1.70 bits per heavy atom. The highest BCUT2D eigenvalue weighted by Crippen LogP contribution is 2.34. The van der Waals surface area contributed by atoms with Crippen LogP contribution in [0.1, 0.15) is 55.5 Å². The molecule has 2 aromatic carbocycles. The topological polar surface area (TPSA) is 88.6 Å². The van der Waals surface area contributed by atoms with E-state index in [9.17, 15) is 13.2 Å². The summed E-state index contributed by atoms with van der Waals surface area (Å²) in [5.74, 6) is 0.307. The minimum atomic E-state index is -3.60. The zero-order valence-corrected chi connectivity index (χ0v) is 21.2. The van der Waals surface area contributed by atoms with E-state index >= 15 is 0 Å². The number of carbonyl (C=O) groups excluding carboxylic acids is 1. The summed E-state index contributed by atoms with van der Waals surface area (Å²) in [5, 5.41) is 3.28. The van der Waals surface area contributed by atoms with Crippen molar-refractivity contribution in [2.24, 2.45) is 0 Å². The number of benzene rings is 2. The molecule has 0 aliphatic rings. The molecule has 3 aromatic rings. The average Bonchev–Trinajstić information content (AvgIpc) is 3.24. The van der Waals surface area contributed by atoms with Crippen molar-refractivity contribution in [1.82, 2.24) is 9.29 Å². The van der Waals surface area contributed by atoms with Crippen LogP contribution in [0.15, 0.2) is 41.3 Å². The average molecular weight is 490 g/mol. The number of thiazole rings is 1. The summed E-state index contributed by atoms with van der Waals surface area (Å²) in [7, 11) is -2.01. The van der Waals surface area contributed by atoms with Crippen molar-refractivity contribution in [3.05, 3.63) is 47.5 Å². The highest BCUT2D eigenvalue weighted by Gasteiger charge is 2.24. The first-order valence-electron chi connectivity index (χ1n) is 11.2. The molecule has 1 amide bonds. The Hall–Kier alpha value is -2.49. The molecule has 9 heteroatoms. The van der Waals surface area contributed by atoms with Gasteiger partial charge in [0.05, 0.1) is 16.7 Å². The Bertz CT molecular complexity index is 1200. The lowest BCUT2D eigenvalue weighted by Gasteiger charge is -2.22. The van der Waals surface area contributed by atoms with E-state index in [-0.39, 0.29) is 10.8 Å². The third kappa shape index (κ3) is 5.72. The van der Waals surface area contributed by atoms with Crippen LogP contribution >= 0.6 is 11.3 Å². The number of methoxy groups -OCH3 is 1. The van der Waals surface area contributed by atoms with Gasteiger partial charge in [0.1, 0.15) is 11.3 Å². The van der Waals surface area contributed by atoms with Crippen LogP contribution < -0.4 is 10.1 Å². The molecule has 0 bridgehead atoms. The lowest BCUT2D eigenvalue weighted by atomic mass is 10.2. The molecule has 0 saturated carbocycles. The lowest BCUT2D eigenvalue weighted by Crippen LogP contribution is -2.33. The maximum atomic E-state index is 13.1. The smallest absolute Gasteiger partial charge is 0.257 e. The zero-order valence-electron chi connectivity index (χ0n) is 19.6. The monoisotopic (exact) mass is 489 g/mol. The van der Waals surface area contributed by atoms with Crippen molar-refractivity contribution in [3.8, 4) is 5.75 Å². The predicted molar refractivity (Wildman–Crippen MR) is 134 cm³/mol. The number of unbranched alkanes of at least 4 members (excludes halogenated alkanes) is 2. The van der Waals surface area contributed by atoms with Crippen molar-refractivity contribution in [2.45, 2.75) is 51.3 Å². The molecule has 178 valence electrons. The van der Waals surface area contributed by atoms with Gasteiger partial charge in [0.15, 0.2) is 5.13 Å². The van der Waals surface area contributed by atoms with Gasteiger partial charge in [-0.3, -0.25) is 10.1 Å². The molecular weight excluding hydrogens is 458 g/mol. The van der Waals surface area contributed by atoms with Gasteiger partial charge in [-0.05, 0) is 55.7 Å². The molecule has 0 aliphatic carbocycles. The van der Waals surface area contributed by atoms with Gasteiger partial charge in [0, 0.05) is 18.7 Å². The molecule has 3 rings (SSSR count). The van der Waals surface area contributed by atoms with Gasteiger partial charge in [-0.2, -0.15) is 4.31 Å². The maximum absolute atomic E-state index is 13.1. The predicted octanol–water partition coefficient (Wildman–Crippen LogP) is 5.46. The van der Waals surface area contributed by atoms with E-state index in [0.717, 1.165) is 35.9 Å². The van der Waals surface area contributed by atoms with Crippen LogP contribution in [0.5, 0.6) is 5.75 Å². The summed E-state index contributed by atoms with van der Waals surface area (Å²) in [6, 6.07) is 9.89. The fraction of sp³-hybridized carbons (Fsp3) is 0.417. The number of rotatable bonds is 11. The first-order valence-corrected chi connectivity index (χ1v) is 13.4. The van der Waals surface area contributed by atoms with Crippen molar-refractivity contribution >= 4 is 42.6 Å². The molecule has 0 unspecified atom stereocenters. The quantitative estimate of drug-likeness (QED) is 0.387. The van der Waals surface area contributed by atoms with Gasteiger partial charge in [-0.25, -0.2) is 13.4 Å². The molecular formula is C24H31N3O4S2. The Kier molecular flexibility index (Phi) is 8.45. The van der Waals surface area contributed by atoms with Crippen LogP contribution in [-0.2, 0) is 10.0 Å². The first kappa shape index (κ1) is 25.1. The van der Waals surface area contributed by atoms with Crippen molar-refractivity contribution in [2.75, 3.05) is 25.5 Å². The largest absolute Gasteiger partial charge is 0.494 e. The number of aryl methyl sites for hydroxylation is 1. The van der Waals surface area contributed by atoms with E-state index in [1.165, 1.54) is 23.5 Å². The molecule has 33 heavy (non-hydrogen) atoms. The minimum Gasteiger partial charge on any atom is -0.494 e. The van der Waals surface area contributed by atoms with E-state index in [1.807, 2.05) is 32.9 Å². The van der Waals surface area contributed by atoms with Crippen LogP contribution in [-0.4, -0.2) is 43.8 Å². The Morgan fingerprint density at radius 3 is 2.27 bits per heavy atom. The highest BCUT2D eigenvalue weighted by atomic mass is 32.2. The minimum absolute atomic E-state index is 0.201. The molecule has 1 heterocycles. The van der Waals surface area contributed by atoms with Crippen LogP contribution in [0.2, 0.25) is 0 Å². The van der Waals surface area contributed by atoms with Crippen molar-refractivity contribution in [1.29, 1.82) is 0 Å². The SMILES string of the molecule is CCCCN(CCCC)S(=O)(=O)c1ccc(C(=O)Nc2nc3c(OC)ccc(C)c3s2)cc1. The Balaban J connectivity index is 1.78. The number of sulfonamides is 1. The van der Waals surface area contributed by atoms with Crippen LogP contribution in [0.25, 0.3) is 10.2 Å². The van der Waals surface area contributed by atoms with Gasteiger partial charge in [-0.15, -0.1) is 0 Å². The van der Waals surface area contributed by atoms with E-state index in [1.54, 1.807) is 23.5 Å². The Morgan fingerprint density at radius 1 is 1.06 bits per heavy atom. The van der Waals surface area contributed by atoms with E-state index < -0.39 is 10.0 Å². The summed E-state index contributed by atoms with van der Waals surface area (Å²) in [6.45, 7) is 7.07. The van der Waals surface area contributed by atoms with E-state index in [4.69, 9.17) is 4.74 Å². The summed E-state index contributed by atoms with van der Waals surface area (Å²) in [6.07, 6.45) is 3.48. The summed E-state index contributed by atoms with van der Waals surface area (Å²) in [4.78, 5) is 17.5. The molecule has 0 fully saturated rings.